The molecule has 23 heteroatoms. The van der Waals surface area contributed by atoms with E-state index in [1.807, 2.05) is 0 Å². The molecule has 23 heavy (non-hydrogen) atoms. The van der Waals surface area contributed by atoms with Crippen LogP contribution in [0.15, 0.2) is 0 Å². The molecule has 0 aromatic heterocycles. The van der Waals surface area contributed by atoms with Crippen molar-refractivity contribution in [3.63, 3.8) is 0 Å². The van der Waals surface area contributed by atoms with Gasteiger partial charge < -0.3 is 28.7 Å². The third-order valence-electron chi connectivity index (χ3n) is 0. The van der Waals surface area contributed by atoms with Crippen LogP contribution in [0.1, 0.15) is 0 Å². The average molecular weight is 462 g/mol. The van der Waals surface area contributed by atoms with E-state index < -0.39 is 31.6 Å². The van der Waals surface area contributed by atoms with Crippen molar-refractivity contribution >= 4 is 60.0 Å². The summed E-state index contributed by atoms with van der Waals surface area (Å²) >= 11 is 0. The Labute approximate surface area is 153 Å². The molecule has 0 aliphatic heterocycles. The van der Waals surface area contributed by atoms with Gasteiger partial charge in [0.05, 0.1) is 0 Å². The van der Waals surface area contributed by atoms with Crippen molar-refractivity contribution in [2.45, 2.75) is 0 Å². The molecule has 0 heterocycles. The molecule has 0 aliphatic carbocycles. The zero-order chi connectivity index (χ0) is 18.0. The Morgan fingerprint density at radius 3 is 0.609 bits per heavy atom. The van der Waals surface area contributed by atoms with Crippen LogP contribution in [0.5, 0.6) is 0 Å². The second kappa shape index (κ2) is 18.5. The largest absolute Gasteiger partial charge is 3.00 e. The number of halogens is 4. The summed E-state index contributed by atoms with van der Waals surface area (Å²) in [5.41, 5.74) is 0. The molecule has 0 aromatic carbocycles. The maximum Gasteiger partial charge on any atom is 3.00 e. The van der Waals surface area contributed by atoms with Crippen molar-refractivity contribution in [1.29, 1.82) is 0 Å². The first-order valence-corrected chi connectivity index (χ1v) is 8.81. The molecule has 0 atom stereocenters. The molecule has 136 valence electrons. The quantitative estimate of drug-likeness (QED) is 0.149. The molecule has 0 radical (unpaired) electrons. The van der Waals surface area contributed by atoms with Gasteiger partial charge in [0.1, 0.15) is 15.8 Å². The summed E-state index contributed by atoms with van der Waals surface area (Å²) in [6.45, 7) is 0. The smallest absolute Gasteiger partial charge is 0.786 e. The van der Waals surface area contributed by atoms with Gasteiger partial charge in [0.2, 0.25) is 0 Å². The number of hydrogen-bond donors (Lipinski definition) is 4. The minimum absolute atomic E-state index is 0. The van der Waals surface area contributed by atoms with Gasteiger partial charge in [-0.25, -0.2) is 17.5 Å². The number of hydrogen-bond acceptors (Lipinski definition) is 8. The van der Waals surface area contributed by atoms with Gasteiger partial charge in [0.25, 0.3) is 0 Å². The molecule has 0 bridgehead atoms. The van der Waals surface area contributed by atoms with Gasteiger partial charge in [-0.3, -0.25) is 19.6 Å². The topological polar surface area (TPSA) is 241 Å². The van der Waals surface area contributed by atoms with Crippen molar-refractivity contribution in [3.05, 3.63) is 0 Å². The third-order valence-corrected chi connectivity index (χ3v) is 0. The van der Waals surface area contributed by atoms with Crippen LogP contribution in [-0.4, -0.2) is 47.9 Å². The van der Waals surface area contributed by atoms with Crippen molar-refractivity contribution < 1.29 is 93.1 Å². The Morgan fingerprint density at radius 2 is 0.609 bits per heavy atom. The van der Waals surface area contributed by atoms with Gasteiger partial charge in [0, 0.05) is 0 Å². The second-order valence-corrected chi connectivity index (χ2v) is 5.42. The minimum Gasteiger partial charge on any atom is -0.786 e. The monoisotopic (exact) mass is 462 g/mol. The predicted molar refractivity (Wildman–Crippen MR) is 60.8 cm³/mol. The van der Waals surface area contributed by atoms with Crippen LogP contribution in [0.25, 0.3) is 0 Å². The molecule has 0 saturated carbocycles. The summed E-state index contributed by atoms with van der Waals surface area (Å²) < 4.78 is 75.2. The van der Waals surface area contributed by atoms with Gasteiger partial charge in [-0.15, -0.1) is 8.39 Å². The van der Waals surface area contributed by atoms with Crippen LogP contribution in [0.2, 0.25) is 0 Å². The van der Waals surface area contributed by atoms with Crippen molar-refractivity contribution in [3.8, 4) is 0 Å². The van der Waals surface area contributed by atoms with Crippen LogP contribution in [-0.2, 0) is 18.3 Å². The van der Waals surface area contributed by atoms with Gasteiger partial charge in [-0.2, -0.15) is 0 Å². The summed E-state index contributed by atoms with van der Waals surface area (Å²) in [4.78, 5) is 61.6. The van der Waals surface area contributed by atoms with Crippen molar-refractivity contribution in [2.75, 3.05) is 0 Å². The van der Waals surface area contributed by atoms with Gasteiger partial charge in [0.15, 0.2) is 0 Å². The van der Waals surface area contributed by atoms with E-state index in [9.17, 15) is 16.8 Å². The molecular formula is H8AlF4LiO12P4Si. The third kappa shape index (κ3) is 4000. The first kappa shape index (κ1) is 44.3. The maximum absolute atomic E-state index is 10.4. The second-order valence-electron chi connectivity index (χ2n) is 1.81. The Kier molecular flexibility index (Phi) is 35.5. The molecule has 0 rings (SSSR count). The van der Waals surface area contributed by atoms with E-state index >= 15 is 0 Å². The number of rotatable bonds is 0. The molecule has 0 amide bonds. The summed E-state index contributed by atoms with van der Waals surface area (Å²) in [6.07, 6.45) is 0. The molecule has 4 N–H and O–H groups in total. The van der Waals surface area contributed by atoms with Crippen LogP contribution in [0, 0.1) is 0 Å². The van der Waals surface area contributed by atoms with Crippen LogP contribution in [0.3, 0.4) is 0 Å². The van der Waals surface area contributed by atoms with Crippen LogP contribution >= 0.6 is 31.6 Å². The van der Waals surface area contributed by atoms with E-state index in [1.165, 1.54) is 0 Å². The molecular weight excluding hydrogens is 454 g/mol. The Bertz CT molecular complexity index is 310. The first-order chi connectivity index (χ1) is 8.00. The maximum atomic E-state index is 10.4. The van der Waals surface area contributed by atoms with Crippen LogP contribution < -0.4 is 38.4 Å². The van der Waals surface area contributed by atoms with Crippen molar-refractivity contribution in [1.82, 2.24) is 0 Å². The standard InChI is InChI=1S/Al.4FH2O3P.Li.H4Si/c;4*1-5(2,3)4;;/h;4*(H2,2,3,4);;1H4/q+3;;;;;+1;/p-4. The SMILES string of the molecule is O=P(O)(O)F.O=P(O)(O)F.O=P([O-])([O-])F.O=P([O-])([O-])F.[Al+3].[Li+].[SiH4]. The fraction of sp³-hybridized carbons (Fsp3) is 0. The van der Waals surface area contributed by atoms with E-state index in [-0.39, 0.29) is 47.2 Å². The zero-order valence-electron chi connectivity index (χ0n) is 9.93. The normalized spacial score (nSPS) is 10.3. The summed E-state index contributed by atoms with van der Waals surface area (Å²) in [6, 6.07) is 0. The molecule has 0 saturated heterocycles. The van der Waals surface area contributed by atoms with Gasteiger partial charge in [-0.1, -0.05) is 0 Å². The Hall–Kier alpha value is 1.67. The van der Waals surface area contributed by atoms with Gasteiger partial charge >= 0.3 is 52.0 Å². The zero-order valence-corrected chi connectivity index (χ0v) is 14.7. The molecule has 12 nitrogen and oxygen atoms in total. The Balaban J connectivity index is -0.0000000284. The van der Waals surface area contributed by atoms with E-state index in [1.54, 1.807) is 0 Å². The molecule has 0 aromatic rings. The summed E-state index contributed by atoms with van der Waals surface area (Å²) in [5.74, 6) is 0. The first-order valence-electron chi connectivity index (χ1n) is 2.94. The van der Waals surface area contributed by atoms with Gasteiger partial charge in [-0.05, 0) is 11.0 Å². The fourth-order valence-corrected chi connectivity index (χ4v) is 0. The average Bonchev–Trinajstić information content (AvgIpc) is 1.62. The predicted octanol–water partition coefficient (Wildman–Crippen LogP) is -7.16. The van der Waals surface area contributed by atoms with E-state index in [2.05, 4.69) is 0 Å². The minimum atomic E-state index is -5.64. The fourth-order valence-electron chi connectivity index (χ4n) is 0. The van der Waals surface area contributed by atoms with E-state index in [0.29, 0.717) is 0 Å². The van der Waals surface area contributed by atoms with Crippen LogP contribution in [0.4, 0.5) is 16.8 Å². The molecule has 0 spiro atoms. The van der Waals surface area contributed by atoms with E-state index in [0.717, 1.165) is 0 Å². The van der Waals surface area contributed by atoms with E-state index in [4.69, 9.17) is 57.4 Å². The molecule has 0 fully saturated rings. The van der Waals surface area contributed by atoms with Crippen molar-refractivity contribution in [2.24, 2.45) is 0 Å². The molecule has 0 unspecified atom stereocenters. The summed E-state index contributed by atoms with van der Waals surface area (Å²) in [5, 5.41) is 0. The Morgan fingerprint density at radius 1 is 0.609 bits per heavy atom. The summed E-state index contributed by atoms with van der Waals surface area (Å²) in [7, 11) is -21.6. The molecule has 0 aliphatic rings.